The van der Waals surface area contributed by atoms with Gasteiger partial charge < -0.3 is 49.2 Å². The van der Waals surface area contributed by atoms with Crippen molar-refractivity contribution < 1.29 is 54.0 Å². The molecule has 11 heteroatoms. The van der Waals surface area contributed by atoms with E-state index in [2.05, 4.69) is 0 Å². The Kier molecular flexibility index (Phi) is 12.1. The van der Waals surface area contributed by atoms with Crippen LogP contribution in [-0.4, -0.2) is 114 Å². The summed E-state index contributed by atoms with van der Waals surface area (Å²) >= 11 is 0. The number of ether oxygens (including phenoxy) is 5. The molecule has 2 aliphatic heterocycles. The minimum Gasteiger partial charge on any atom is -0.456 e. The van der Waals surface area contributed by atoms with Crippen molar-refractivity contribution in [2.75, 3.05) is 27.9 Å². The molecule has 5 N–H and O–H groups in total. The molecule has 10 atom stereocenters. The Bertz CT molecular complexity index is 783. The highest BCUT2D eigenvalue weighted by molar-refractivity contribution is 5.75. The van der Waals surface area contributed by atoms with Gasteiger partial charge >= 0.3 is 5.97 Å². The second kappa shape index (κ2) is 14.0. The highest BCUT2D eigenvalue weighted by atomic mass is 16.7. The molecule has 2 heterocycles. The van der Waals surface area contributed by atoms with Gasteiger partial charge in [-0.1, -0.05) is 26.8 Å². The van der Waals surface area contributed by atoms with E-state index in [1.165, 1.54) is 21.3 Å². The fourth-order valence-electron chi connectivity index (χ4n) is 5.30. The van der Waals surface area contributed by atoms with E-state index in [0.29, 0.717) is 12.0 Å². The summed E-state index contributed by atoms with van der Waals surface area (Å²) in [6.45, 7) is 6.81. The molecule has 38 heavy (non-hydrogen) atoms. The van der Waals surface area contributed by atoms with Crippen molar-refractivity contribution in [1.29, 1.82) is 0 Å². The second-order valence-corrected chi connectivity index (χ2v) is 11.1. The van der Waals surface area contributed by atoms with Crippen molar-refractivity contribution in [2.45, 2.75) is 114 Å². The molecule has 5 unspecified atom stereocenters. The van der Waals surface area contributed by atoms with Crippen molar-refractivity contribution in [3.63, 3.8) is 0 Å². The molecule has 0 aliphatic carbocycles. The van der Waals surface area contributed by atoms with Gasteiger partial charge in [0, 0.05) is 65.0 Å². The average Bonchev–Trinajstić information content (AvgIpc) is 2.89. The molecule has 0 radical (unpaired) electrons. The number of methoxy groups -OCH3 is 3. The van der Waals surface area contributed by atoms with Crippen molar-refractivity contribution in [1.82, 2.24) is 0 Å². The zero-order chi connectivity index (χ0) is 28.8. The van der Waals surface area contributed by atoms with E-state index in [-0.39, 0.29) is 38.2 Å². The van der Waals surface area contributed by atoms with Gasteiger partial charge in [0.05, 0.1) is 30.5 Å². The first-order valence-electron chi connectivity index (χ1n) is 13.3. The first-order chi connectivity index (χ1) is 17.8. The molecule has 222 valence electrons. The molecule has 0 aromatic rings. The maximum absolute atomic E-state index is 13.1. The fraction of sp³-hybridized carbons (Fsp3) is 0.889. The SMILES string of the molecule is CC[C@H](/C=C(/C)C1C[C@H](OC)CC(O)C(C)(C)C2(O)OC(C[C@@H](OC)C2O)C[C@@H](OC)[C@H](O)C(=O)O1)CO. The summed E-state index contributed by atoms with van der Waals surface area (Å²) in [5.41, 5.74) is -0.730. The minimum absolute atomic E-state index is 0.0174. The molecule has 0 spiro atoms. The smallest absolute Gasteiger partial charge is 0.338 e. The predicted octanol–water partition coefficient (Wildman–Crippen LogP) is 0.678. The lowest BCUT2D eigenvalue weighted by Crippen LogP contribution is -2.68. The summed E-state index contributed by atoms with van der Waals surface area (Å²) in [7, 11) is 4.20. The van der Waals surface area contributed by atoms with Crippen LogP contribution in [0.25, 0.3) is 0 Å². The van der Waals surface area contributed by atoms with Crippen molar-refractivity contribution in [3.8, 4) is 0 Å². The predicted molar refractivity (Wildman–Crippen MR) is 137 cm³/mol. The molecule has 2 rings (SSSR count). The largest absolute Gasteiger partial charge is 0.456 e. The van der Waals surface area contributed by atoms with Crippen LogP contribution in [0.3, 0.4) is 0 Å². The molecule has 2 saturated heterocycles. The summed E-state index contributed by atoms with van der Waals surface area (Å²) in [6, 6.07) is 0. The Balaban J connectivity index is 2.56. The van der Waals surface area contributed by atoms with Gasteiger partial charge in [0.2, 0.25) is 5.79 Å². The Morgan fingerprint density at radius 3 is 2.18 bits per heavy atom. The average molecular weight is 549 g/mol. The number of aliphatic hydroxyl groups excluding tert-OH is 4. The second-order valence-electron chi connectivity index (χ2n) is 11.1. The number of fused-ring (bicyclic) bond motifs is 2. The van der Waals surface area contributed by atoms with Crippen LogP contribution in [0.15, 0.2) is 11.6 Å². The summed E-state index contributed by atoms with van der Waals surface area (Å²) < 4.78 is 28.3. The van der Waals surface area contributed by atoms with Gasteiger partial charge in [0.25, 0.3) is 0 Å². The van der Waals surface area contributed by atoms with Gasteiger partial charge in [-0.25, -0.2) is 4.79 Å². The molecular formula is C27H48O11. The topological polar surface area (TPSA) is 164 Å². The van der Waals surface area contributed by atoms with Crippen molar-refractivity contribution >= 4 is 5.97 Å². The number of rotatable bonds is 7. The summed E-state index contributed by atoms with van der Waals surface area (Å²) in [4.78, 5) is 13.1. The molecule has 11 nitrogen and oxygen atoms in total. The number of carbonyl (C=O) groups is 1. The highest BCUT2D eigenvalue weighted by Crippen LogP contribution is 2.46. The van der Waals surface area contributed by atoms with Gasteiger partial charge in [-0.05, 0) is 18.9 Å². The standard InChI is InChI=1S/C27H48O11/c1-8-16(14-28)9-15(2)19-10-17(34-5)13-22(29)26(3,4)27(33)24(31)21(36-7)12-18(38-27)11-20(35-6)23(30)25(32)37-19/h9,16-24,28-31,33H,8,10-14H2,1-7H3/b15-9-/t16-,17+,18?,19?,20-,21-,22?,23+,24?,27?/m1/s1. The van der Waals surface area contributed by atoms with E-state index in [1.807, 2.05) is 13.0 Å². The zero-order valence-electron chi connectivity index (χ0n) is 23.7. The third kappa shape index (κ3) is 7.13. The van der Waals surface area contributed by atoms with Crippen LogP contribution in [-0.2, 0) is 28.5 Å². The highest BCUT2D eigenvalue weighted by Gasteiger charge is 2.60. The van der Waals surface area contributed by atoms with Gasteiger partial charge in [0.1, 0.15) is 12.2 Å². The van der Waals surface area contributed by atoms with Gasteiger partial charge in [-0.3, -0.25) is 0 Å². The van der Waals surface area contributed by atoms with Crippen molar-refractivity contribution in [2.24, 2.45) is 11.3 Å². The molecule has 2 bridgehead atoms. The van der Waals surface area contributed by atoms with Crippen LogP contribution < -0.4 is 0 Å². The Morgan fingerprint density at radius 1 is 1.05 bits per heavy atom. The van der Waals surface area contributed by atoms with Crippen LogP contribution in [0.4, 0.5) is 0 Å². The van der Waals surface area contributed by atoms with E-state index < -0.39 is 66.0 Å². The monoisotopic (exact) mass is 548 g/mol. The van der Waals surface area contributed by atoms with Crippen LogP contribution in [0.2, 0.25) is 0 Å². The zero-order valence-corrected chi connectivity index (χ0v) is 23.7. The number of hydrogen-bond donors (Lipinski definition) is 5. The van der Waals surface area contributed by atoms with E-state index in [0.717, 1.165) is 0 Å². The molecule has 0 saturated carbocycles. The molecule has 2 aliphatic rings. The van der Waals surface area contributed by atoms with E-state index >= 15 is 0 Å². The van der Waals surface area contributed by atoms with Gasteiger partial charge in [-0.15, -0.1) is 0 Å². The maximum Gasteiger partial charge on any atom is 0.338 e. The lowest BCUT2D eigenvalue weighted by atomic mass is 9.70. The van der Waals surface area contributed by atoms with E-state index in [9.17, 15) is 30.3 Å². The van der Waals surface area contributed by atoms with Gasteiger partial charge in [0.15, 0.2) is 6.10 Å². The molecule has 0 amide bonds. The van der Waals surface area contributed by atoms with E-state index in [4.69, 9.17) is 23.7 Å². The Labute approximate surface area is 225 Å². The molecule has 2 fully saturated rings. The molecular weight excluding hydrogens is 500 g/mol. The maximum atomic E-state index is 13.1. The number of aliphatic hydroxyl groups is 5. The normalized spacial score (nSPS) is 40.2. The summed E-state index contributed by atoms with van der Waals surface area (Å²) in [5, 5.41) is 54.7. The first kappa shape index (κ1) is 33.1. The number of hydrogen-bond acceptors (Lipinski definition) is 11. The third-order valence-corrected chi connectivity index (χ3v) is 8.37. The van der Waals surface area contributed by atoms with Crippen LogP contribution in [0, 0.1) is 11.3 Å². The van der Waals surface area contributed by atoms with Gasteiger partial charge in [-0.2, -0.15) is 0 Å². The van der Waals surface area contributed by atoms with Crippen LogP contribution in [0.5, 0.6) is 0 Å². The number of esters is 1. The lowest BCUT2D eigenvalue weighted by molar-refractivity contribution is -0.379. The third-order valence-electron chi connectivity index (χ3n) is 8.37. The lowest BCUT2D eigenvalue weighted by Gasteiger charge is -2.54. The number of carbonyl (C=O) groups excluding carboxylic acids is 1. The quantitative estimate of drug-likeness (QED) is 0.224. The van der Waals surface area contributed by atoms with Crippen LogP contribution >= 0.6 is 0 Å². The summed E-state index contributed by atoms with van der Waals surface area (Å²) in [5.74, 6) is -3.29. The summed E-state index contributed by atoms with van der Waals surface area (Å²) in [6.07, 6.45) is -5.71. The number of cyclic esters (lactones) is 1. The van der Waals surface area contributed by atoms with Crippen molar-refractivity contribution in [3.05, 3.63) is 11.6 Å². The van der Waals surface area contributed by atoms with E-state index in [1.54, 1.807) is 20.8 Å². The van der Waals surface area contributed by atoms with Crippen LogP contribution in [0.1, 0.15) is 59.8 Å². The first-order valence-corrected chi connectivity index (χ1v) is 13.3. The Morgan fingerprint density at radius 2 is 1.66 bits per heavy atom. The fourth-order valence-corrected chi connectivity index (χ4v) is 5.30. The Hall–Kier alpha value is -1.15. The molecule has 0 aromatic carbocycles. The molecule has 0 aromatic heterocycles. The minimum atomic E-state index is -2.23.